The van der Waals surface area contributed by atoms with Gasteiger partial charge >= 0.3 is 18.2 Å². The van der Waals surface area contributed by atoms with Crippen LogP contribution in [0.3, 0.4) is 0 Å². The number of carbonyl (C=O) groups excluding carboxylic acids is 5. The van der Waals surface area contributed by atoms with Gasteiger partial charge in [-0.3, -0.25) is 19.4 Å². The number of fused-ring (bicyclic) bond motifs is 2. The number of alkyl carbamates (subject to hydrolysis) is 2. The molecule has 0 spiro atoms. The quantitative estimate of drug-likeness (QED) is 0.174. The SMILES string of the molecule is CC[C@H]1OC(=O)[C@H](C)C(=O)[C@H](C)[C@@H](O[C@@H]2C[C@H](C)C[C@H](N(C)C)[C@H]2O)[C@@](C)(OC(=O)NC/C=C/c2cnc3ccccc3c2)C[C@@H](C)C(=O)[C@H](C)[C@H]2NC(=O)O[C@@]21C. The van der Waals surface area contributed by atoms with Crippen molar-refractivity contribution in [3.8, 4) is 0 Å². The van der Waals surface area contributed by atoms with E-state index in [1.165, 1.54) is 6.92 Å². The highest BCUT2D eigenvalue weighted by atomic mass is 16.6. The summed E-state index contributed by atoms with van der Waals surface area (Å²) in [5.74, 6) is -5.50. The fraction of sp³-hybridized carbons (Fsp3) is 0.636. The number of carbonyl (C=O) groups is 5. The van der Waals surface area contributed by atoms with E-state index in [0.29, 0.717) is 6.42 Å². The van der Waals surface area contributed by atoms with Crippen molar-refractivity contribution in [1.29, 1.82) is 0 Å². The Morgan fingerprint density at radius 1 is 1.05 bits per heavy atom. The van der Waals surface area contributed by atoms with Gasteiger partial charge in [0.15, 0.2) is 11.4 Å². The van der Waals surface area contributed by atoms with Crippen molar-refractivity contribution in [2.75, 3.05) is 20.6 Å². The minimum Gasteiger partial charge on any atom is -0.458 e. The lowest BCUT2D eigenvalue weighted by Crippen LogP contribution is -2.60. The van der Waals surface area contributed by atoms with Gasteiger partial charge in [0.1, 0.15) is 29.5 Å². The van der Waals surface area contributed by atoms with Crippen molar-refractivity contribution < 1.29 is 48.0 Å². The first-order chi connectivity index (χ1) is 27.3. The van der Waals surface area contributed by atoms with E-state index in [2.05, 4.69) is 22.5 Å². The summed E-state index contributed by atoms with van der Waals surface area (Å²) in [7, 11) is 3.76. The molecule has 14 heteroatoms. The van der Waals surface area contributed by atoms with Crippen LogP contribution < -0.4 is 10.6 Å². The van der Waals surface area contributed by atoms with E-state index in [4.69, 9.17) is 18.9 Å². The lowest BCUT2D eigenvalue weighted by Gasteiger charge is -2.47. The van der Waals surface area contributed by atoms with E-state index in [9.17, 15) is 29.1 Å². The Morgan fingerprint density at radius 2 is 1.76 bits per heavy atom. The van der Waals surface area contributed by atoms with Gasteiger partial charge in [-0.25, -0.2) is 9.59 Å². The van der Waals surface area contributed by atoms with Crippen LogP contribution in [-0.2, 0) is 33.3 Å². The van der Waals surface area contributed by atoms with Gasteiger partial charge in [-0.1, -0.05) is 65.0 Å². The third kappa shape index (κ3) is 9.55. The topological polar surface area (TPSA) is 183 Å². The summed E-state index contributed by atoms with van der Waals surface area (Å²) in [6, 6.07) is 8.60. The van der Waals surface area contributed by atoms with E-state index < -0.39 is 89.3 Å². The molecule has 3 N–H and O–H groups in total. The summed E-state index contributed by atoms with van der Waals surface area (Å²) in [4.78, 5) is 75.7. The number of ketones is 2. The molecule has 1 aliphatic carbocycles. The van der Waals surface area contributed by atoms with Gasteiger partial charge in [-0.15, -0.1) is 0 Å². The molecule has 318 valence electrons. The van der Waals surface area contributed by atoms with E-state index in [0.717, 1.165) is 22.9 Å². The number of cyclic esters (lactones) is 1. The molecule has 1 aromatic carbocycles. The van der Waals surface area contributed by atoms with E-state index in [-0.39, 0.29) is 37.1 Å². The number of pyridine rings is 1. The third-order valence-electron chi connectivity index (χ3n) is 12.6. The van der Waals surface area contributed by atoms with E-state index in [1.807, 2.05) is 55.4 Å². The number of nitrogens with one attached hydrogen (secondary N) is 2. The van der Waals surface area contributed by atoms with Crippen molar-refractivity contribution in [3.63, 3.8) is 0 Å². The average molecular weight is 807 g/mol. The van der Waals surface area contributed by atoms with Crippen LogP contribution in [-0.4, -0.2) is 113 Å². The van der Waals surface area contributed by atoms with Crippen LogP contribution in [0.4, 0.5) is 9.59 Å². The second kappa shape index (κ2) is 18.3. The molecular formula is C44H62N4O10. The van der Waals surface area contributed by atoms with Gasteiger partial charge < -0.3 is 39.6 Å². The molecule has 1 aromatic heterocycles. The molecule has 2 aromatic rings. The van der Waals surface area contributed by atoms with Gasteiger partial charge in [0.2, 0.25) is 0 Å². The fourth-order valence-electron chi connectivity index (χ4n) is 9.32. The Morgan fingerprint density at radius 3 is 2.45 bits per heavy atom. The maximum Gasteiger partial charge on any atom is 0.408 e. The summed E-state index contributed by atoms with van der Waals surface area (Å²) in [6.45, 7) is 13.6. The molecule has 3 aliphatic rings. The standard InChI is InChI=1S/C44H62N4O10/c1-11-34-44(8)38(47-42(54)58-44)26(4)35(49)25(3)22-43(7,57-41(53)45-18-14-15-29-21-30-16-12-13-17-31(30)46-23-29)39(27(5)36(50)28(6)40(52)56-34)55-33-20-24(2)19-32(37(33)51)48(9)10/h12-17,21,23-28,32-34,37-39,51H,11,18-20,22H2,1-10H3,(H,45,53)(H,47,54)/b15-14+/t24-,25-,26+,27+,28-,32+,33-,34-,37-,38-,39-,43+,44-/m1/s1. The van der Waals surface area contributed by atoms with E-state index >= 15 is 0 Å². The molecule has 3 heterocycles. The van der Waals surface area contributed by atoms with Gasteiger partial charge in [-0.2, -0.15) is 0 Å². The van der Waals surface area contributed by atoms with Crippen molar-refractivity contribution in [2.45, 2.75) is 129 Å². The van der Waals surface area contributed by atoms with Crippen LogP contribution in [0, 0.1) is 29.6 Å². The second-order valence-electron chi connectivity index (χ2n) is 17.4. The zero-order chi connectivity index (χ0) is 42.7. The van der Waals surface area contributed by atoms with Gasteiger partial charge in [0, 0.05) is 41.9 Å². The summed E-state index contributed by atoms with van der Waals surface area (Å²) in [5.41, 5.74) is -1.38. The van der Waals surface area contributed by atoms with Crippen LogP contribution in [0.15, 0.2) is 42.6 Å². The molecule has 13 atom stereocenters. The van der Waals surface area contributed by atoms with Crippen molar-refractivity contribution in [3.05, 3.63) is 48.2 Å². The minimum absolute atomic E-state index is 0.0814. The molecular weight excluding hydrogens is 745 g/mol. The molecule has 5 rings (SSSR count). The third-order valence-corrected chi connectivity index (χ3v) is 12.6. The first kappa shape index (κ1) is 44.7. The van der Waals surface area contributed by atoms with Crippen LogP contribution in [0.5, 0.6) is 0 Å². The van der Waals surface area contributed by atoms with Gasteiger partial charge in [-0.05, 0) is 84.2 Å². The highest BCUT2D eigenvalue weighted by Gasteiger charge is 2.57. The molecule has 2 amide bonds. The van der Waals surface area contributed by atoms with E-state index in [1.54, 1.807) is 53.8 Å². The first-order valence-corrected chi connectivity index (χ1v) is 20.5. The lowest BCUT2D eigenvalue weighted by atomic mass is 9.73. The highest BCUT2D eigenvalue weighted by molar-refractivity contribution is 6.00. The van der Waals surface area contributed by atoms with Crippen LogP contribution in [0.25, 0.3) is 17.0 Å². The predicted molar refractivity (Wildman–Crippen MR) is 217 cm³/mol. The number of aromatic nitrogens is 1. The predicted octanol–water partition coefficient (Wildman–Crippen LogP) is 5.48. The molecule has 2 aliphatic heterocycles. The molecule has 14 nitrogen and oxygen atoms in total. The molecule has 0 unspecified atom stereocenters. The van der Waals surface area contributed by atoms with Crippen LogP contribution in [0.1, 0.15) is 86.6 Å². The smallest absolute Gasteiger partial charge is 0.408 e. The maximum atomic E-state index is 14.5. The molecule has 58 heavy (non-hydrogen) atoms. The number of aliphatic hydroxyl groups is 1. The number of ether oxygens (including phenoxy) is 4. The van der Waals surface area contributed by atoms with Gasteiger partial charge in [0.05, 0.1) is 23.8 Å². The normalized spacial score (nSPS) is 36.5. The fourth-order valence-corrected chi connectivity index (χ4v) is 9.32. The highest BCUT2D eigenvalue weighted by Crippen LogP contribution is 2.41. The van der Waals surface area contributed by atoms with Crippen LogP contribution in [0.2, 0.25) is 0 Å². The first-order valence-electron chi connectivity index (χ1n) is 20.5. The van der Waals surface area contributed by atoms with Crippen molar-refractivity contribution in [1.82, 2.24) is 20.5 Å². The number of likely N-dealkylation sites (N-methyl/N-ethyl adjacent to an activating group) is 1. The number of hydrogen-bond donors (Lipinski definition) is 3. The zero-order valence-corrected chi connectivity index (χ0v) is 35.5. The Kier molecular flexibility index (Phi) is 14.1. The summed E-state index contributed by atoms with van der Waals surface area (Å²) >= 11 is 0. The molecule has 2 saturated heterocycles. The minimum atomic E-state index is -1.66. The second-order valence-corrected chi connectivity index (χ2v) is 17.4. The summed E-state index contributed by atoms with van der Waals surface area (Å²) in [5, 5.41) is 18.2. The Labute approximate surface area is 341 Å². The Hall–Kier alpha value is -4.40. The maximum absolute atomic E-state index is 14.5. The van der Waals surface area contributed by atoms with Gasteiger partial charge in [0.25, 0.3) is 0 Å². The number of amides is 2. The number of aliphatic hydroxyl groups excluding tert-OH is 1. The number of para-hydroxylation sites is 1. The Balaban J connectivity index is 1.51. The molecule has 0 bridgehead atoms. The number of hydrogen-bond acceptors (Lipinski definition) is 12. The number of Topliss-reactive ketones (excluding diaryl/α,β-unsaturated/α-hetero) is 2. The number of esters is 1. The number of nitrogens with zero attached hydrogens (tertiary/aromatic N) is 2. The Bertz CT molecular complexity index is 1870. The summed E-state index contributed by atoms with van der Waals surface area (Å²) in [6.07, 6.45) is 1.15. The molecule has 1 saturated carbocycles. The zero-order valence-electron chi connectivity index (χ0n) is 35.5. The number of rotatable bonds is 8. The van der Waals surface area contributed by atoms with Crippen molar-refractivity contribution in [2.24, 2.45) is 29.6 Å². The molecule has 0 radical (unpaired) electrons. The largest absolute Gasteiger partial charge is 0.458 e. The lowest BCUT2D eigenvalue weighted by molar-refractivity contribution is -0.198. The average Bonchev–Trinajstić information content (AvgIpc) is 3.50. The van der Waals surface area contributed by atoms with Crippen molar-refractivity contribution >= 4 is 46.7 Å². The monoisotopic (exact) mass is 806 g/mol. The number of benzene rings is 1. The van der Waals surface area contributed by atoms with Crippen LogP contribution >= 0.6 is 0 Å². The molecule has 3 fully saturated rings. The summed E-state index contributed by atoms with van der Waals surface area (Å²) < 4.78 is 24.8.